The largest absolute Gasteiger partial charge is 0.317 e. The quantitative estimate of drug-likeness (QED) is 0.596. The van der Waals surface area contributed by atoms with Crippen LogP contribution in [-0.4, -0.2) is 16.0 Å². The molecule has 2 aromatic heterocycles. The van der Waals surface area contributed by atoms with Crippen LogP contribution in [0.3, 0.4) is 0 Å². The summed E-state index contributed by atoms with van der Waals surface area (Å²) in [6.45, 7) is 1.94. The molecular weight excluding hydrogens is 385 g/mol. The van der Waals surface area contributed by atoms with Crippen molar-refractivity contribution in [2.45, 2.75) is 6.92 Å². The highest BCUT2D eigenvalue weighted by Crippen LogP contribution is 2.36. The van der Waals surface area contributed by atoms with Gasteiger partial charge in [0.2, 0.25) is 0 Å². The molecule has 3 rings (SSSR count). The van der Waals surface area contributed by atoms with Crippen molar-refractivity contribution in [3.63, 3.8) is 0 Å². The fourth-order valence-corrected chi connectivity index (χ4v) is 3.98. The lowest BCUT2D eigenvalue weighted by Crippen LogP contribution is -2.34. The average Bonchev–Trinajstić information content (AvgIpc) is 2.83. The van der Waals surface area contributed by atoms with E-state index in [4.69, 9.17) is 35.4 Å². The maximum atomic E-state index is 12.4. The van der Waals surface area contributed by atoms with Crippen LogP contribution in [0.5, 0.6) is 0 Å². The Morgan fingerprint density at radius 1 is 1.25 bits per heavy atom. The Labute approximate surface area is 157 Å². The van der Waals surface area contributed by atoms with E-state index in [2.05, 4.69) is 15.6 Å². The van der Waals surface area contributed by atoms with Crippen LogP contribution in [0.1, 0.15) is 15.2 Å². The minimum atomic E-state index is -0.373. The van der Waals surface area contributed by atoms with Gasteiger partial charge in [-0.15, -0.1) is 11.3 Å². The molecule has 0 saturated heterocycles. The van der Waals surface area contributed by atoms with Crippen LogP contribution in [0.4, 0.5) is 5.82 Å². The Kier molecular flexibility index (Phi) is 5.01. The van der Waals surface area contributed by atoms with Crippen molar-refractivity contribution in [2.24, 2.45) is 0 Å². The number of nitrogens with zero attached hydrogens (tertiary/aromatic N) is 1. The number of pyridine rings is 1. The minimum absolute atomic E-state index is 0.157. The molecule has 24 heavy (non-hydrogen) atoms. The molecule has 1 amide bonds. The molecule has 0 aliphatic rings. The zero-order chi connectivity index (χ0) is 17.3. The number of thiophene rings is 1. The van der Waals surface area contributed by atoms with Gasteiger partial charge in [0, 0.05) is 21.3 Å². The summed E-state index contributed by atoms with van der Waals surface area (Å²) in [5.74, 6) is 0.192. The van der Waals surface area contributed by atoms with Gasteiger partial charge in [0.05, 0.1) is 5.02 Å². The van der Waals surface area contributed by atoms with Crippen molar-refractivity contribution < 1.29 is 4.79 Å². The van der Waals surface area contributed by atoms with Gasteiger partial charge in [-0.1, -0.05) is 29.3 Å². The second kappa shape index (κ2) is 7.03. The van der Waals surface area contributed by atoms with Gasteiger partial charge in [-0.25, -0.2) is 4.98 Å². The first-order valence-electron chi connectivity index (χ1n) is 6.86. The second-order valence-corrected chi connectivity index (χ2v) is 7.29. The van der Waals surface area contributed by atoms with E-state index >= 15 is 0 Å². The Hall–Kier alpha value is -1.73. The summed E-state index contributed by atoms with van der Waals surface area (Å²) in [5.41, 5.74) is 1.03. The second-order valence-electron chi connectivity index (χ2n) is 5.01. The molecule has 0 radical (unpaired) electrons. The predicted molar refractivity (Wildman–Crippen MR) is 105 cm³/mol. The topological polar surface area (TPSA) is 54.0 Å². The molecule has 0 fully saturated rings. The lowest BCUT2D eigenvalue weighted by atomic mass is 10.2. The number of thiocarbonyl (C=S) groups is 1. The van der Waals surface area contributed by atoms with Gasteiger partial charge in [0.1, 0.15) is 10.7 Å². The number of amides is 1. The molecule has 0 unspecified atom stereocenters. The highest BCUT2D eigenvalue weighted by atomic mass is 35.5. The van der Waals surface area contributed by atoms with Crippen LogP contribution in [0.2, 0.25) is 10.0 Å². The van der Waals surface area contributed by atoms with Crippen molar-refractivity contribution in [2.75, 3.05) is 5.32 Å². The Morgan fingerprint density at radius 3 is 2.79 bits per heavy atom. The molecule has 4 nitrogen and oxygen atoms in total. The number of aryl methyl sites for hydroxylation is 1. The van der Waals surface area contributed by atoms with Gasteiger partial charge < -0.3 is 5.32 Å². The third-order valence-corrected chi connectivity index (χ3v) is 5.28. The van der Waals surface area contributed by atoms with E-state index in [0.29, 0.717) is 20.7 Å². The summed E-state index contributed by atoms with van der Waals surface area (Å²) >= 11 is 18.7. The van der Waals surface area contributed by atoms with Crippen molar-refractivity contribution >= 4 is 73.7 Å². The van der Waals surface area contributed by atoms with E-state index in [1.165, 1.54) is 11.3 Å². The van der Waals surface area contributed by atoms with Crippen LogP contribution in [0, 0.1) is 6.92 Å². The lowest BCUT2D eigenvalue weighted by molar-refractivity contribution is 0.0982. The monoisotopic (exact) mass is 395 g/mol. The van der Waals surface area contributed by atoms with Crippen molar-refractivity contribution in [1.82, 2.24) is 10.3 Å². The fraction of sp³-hybridized carbons (Fsp3) is 0.0625. The number of aromatic nitrogens is 1. The highest BCUT2D eigenvalue weighted by molar-refractivity contribution is 7.80. The van der Waals surface area contributed by atoms with Crippen molar-refractivity contribution in [1.29, 1.82) is 0 Å². The van der Waals surface area contributed by atoms with Crippen LogP contribution in [0.15, 0.2) is 36.5 Å². The molecule has 122 valence electrons. The zero-order valence-corrected chi connectivity index (χ0v) is 15.5. The van der Waals surface area contributed by atoms with Gasteiger partial charge in [0.25, 0.3) is 5.91 Å². The summed E-state index contributed by atoms with van der Waals surface area (Å²) in [6.07, 6.45) is 1.66. The molecule has 0 spiro atoms. The number of carbonyl (C=O) groups excluding carboxylic acids is 1. The van der Waals surface area contributed by atoms with Crippen molar-refractivity contribution in [3.05, 3.63) is 57.0 Å². The Balaban J connectivity index is 1.77. The molecule has 3 aromatic rings. The van der Waals surface area contributed by atoms with Crippen LogP contribution in [0.25, 0.3) is 10.1 Å². The molecule has 0 aliphatic carbocycles. The normalized spacial score (nSPS) is 10.6. The van der Waals surface area contributed by atoms with Gasteiger partial charge in [-0.05, 0) is 49.0 Å². The molecule has 0 bridgehead atoms. The molecule has 2 N–H and O–H groups in total. The van der Waals surface area contributed by atoms with Gasteiger partial charge in [0.15, 0.2) is 5.11 Å². The first kappa shape index (κ1) is 17.1. The summed E-state index contributed by atoms with van der Waals surface area (Å²) in [4.78, 5) is 16.9. The molecule has 1 aromatic carbocycles. The van der Waals surface area contributed by atoms with Crippen LogP contribution in [-0.2, 0) is 0 Å². The Bertz CT molecular complexity index is 956. The SMILES string of the molecule is Cc1ccnc(NC(=S)NC(=O)c2sc3cc(Cl)ccc3c2Cl)c1. The van der Waals surface area contributed by atoms with Gasteiger partial charge in [-0.3, -0.25) is 10.1 Å². The van der Waals surface area contributed by atoms with Crippen LogP contribution >= 0.6 is 46.8 Å². The third-order valence-electron chi connectivity index (χ3n) is 3.18. The Morgan fingerprint density at radius 2 is 2.04 bits per heavy atom. The van der Waals surface area contributed by atoms with E-state index in [9.17, 15) is 4.79 Å². The molecule has 2 heterocycles. The molecule has 0 aliphatic heterocycles. The number of benzene rings is 1. The van der Waals surface area contributed by atoms with E-state index in [1.807, 2.05) is 19.1 Å². The van der Waals surface area contributed by atoms with E-state index in [1.54, 1.807) is 24.4 Å². The number of carbonyl (C=O) groups is 1. The molecular formula is C16H11Cl2N3OS2. The number of hydrogen-bond acceptors (Lipinski definition) is 4. The number of rotatable bonds is 2. The maximum Gasteiger partial charge on any atom is 0.269 e. The van der Waals surface area contributed by atoms with E-state index in [-0.39, 0.29) is 11.0 Å². The number of fused-ring (bicyclic) bond motifs is 1. The van der Waals surface area contributed by atoms with Crippen LogP contribution < -0.4 is 10.6 Å². The van der Waals surface area contributed by atoms with Gasteiger partial charge in [-0.2, -0.15) is 0 Å². The maximum absolute atomic E-state index is 12.4. The number of hydrogen-bond donors (Lipinski definition) is 2. The number of halogens is 2. The predicted octanol–water partition coefficient (Wildman–Crippen LogP) is 5.04. The summed E-state index contributed by atoms with van der Waals surface area (Å²) in [5, 5.41) is 7.42. The van der Waals surface area contributed by atoms with E-state index < -0.39 is 0 Å². The molecule has 0 atom stereocenters. The van der Waals surface area contributed by atoms with Gasteiger partial charge >= 0.3 is 0 Å². The number of anilines is 1. The average molecular weight is 396 g/mol. The lowest BCUT2D eigenvalue weighted by Gasteiger charge is -2.08. The zero-order valence-electron chi connectivity index (χ0n) is 12.4. The molecule has 0 saturated carbocycles. The summed E-state index contributed by atoms with van der Waals surface area (Å²) in [7, 11) is 0. The van der Waals surface area contributed by atoms with E-state index in [0.717, 1.165) is 15.6 Å². The summed E-state index contributed by atoms with van der Waals surface area (Å²) in [6, 6.07) is 9.00. The number of nitrogens with one attached hydrogen (secondary N) is 2. The highest BCUT2D eigenvalue weighted by Gasteiger charge is 2.18. The first-order valence-corrected chi connectivity index (χ1v) is 8.84. The first-order chi connectivity index (χ1) is 11.4. The minimum Gasteiger partial charge on any atom is -0.317 e. The van der Waals surface area contributed by atoms with Crippen molar-refractivity contribution in [3.8, 4) is 0 Å². The third kappa shape index (κ3) is 3.67. The smallest absolute Gasteiger partial charge is 0.269 e. The fourth-order valence-electron chi connectivity index (χ4n) is 2.10. The summed E-state index contributed by atoms with van der Waals surface area (Å²) < 4.78 is 0.844. The molecule has 8 heteroatoms. The standard InChI is InChI=1S/C16H11Cl2N3OS2/c1-8-4-5-19-12(6-8)20-16(23)21-15(22)14-13(18)10-3-2-9(17)7-11(10)24-14/h2-7H,1H3,(H2,19,20,21,22,23).